The van der Waals surface area contributed by atoms with Crippen LogP contribution < -0.4 is 0 Å². The van der Waals surface area contributed by atoms with E-state index in [9.17, 15) is 0 Å². The lowest BCUT2D eigenvalue weighted by Crippen LogP contribution is -2.42. The largest absolute Gasteiger partial charge is 0.356 e. The van der Waals surface area contributed by atoms with Gasteiger partial charge in [0.25, 0.3) is 0 Å². The van der Waals surface area contributed by atoms with Crippen LogP contribution in [0.1, 0.15) is 182 Å². The second-order valence-corrected chi connectivity index (χ2v) is 11.8. The maximum atomic E-state index is 2.66. The highest BCUT2D eigenvalue weighted by Gasteiger charge is 2.26. The molecule has 0 radical (unpaired) electrons. The van der Waals surface area contributed by atoms with Crippen molar-refractivity contribution in [2.24, 2.45) is 0 Å². The van der Waals surface area contributed by atoms with Gasteiger partial charge in [-0.2, -0.15) is 0 Å². The molecule has 0 amide bonds. The van der Waals surface area contributed by atoms with E-state index >= 15 is 0 Å². The molecule has 0 aromatic rings. The molecule has 0 saturated carbocycles. The minimum Gasteiger partial charge on any atom is -0.356 e. The lowest BCUT2D eigenvalue weighted by molar-refractivity contribution is 0.114. The molecule has 0 spiro atoms. The van der Waals surface area contributed by atoms with E-state index in [1.165, 1.54) is 161 Å². The highest BCUT2D eigenvalue weighted by molar-refractivity contribution is 4.98. The molecule has 0 saturated heterocycles. The molecule has 1 aliphatic heterocycles. The van der Waals surface area contributed by atoms with Crippen LogP contribution in [0.4, 0.5) is 0 Å². The molecular formula is C33H66N2. The Morgan fingerprint density at radius 3 is 1.26 bits per heavy atom. The fourth-order valence-electron chi connectivity index (χ4n) is 5.71. The summed E-state index contributed by atoms with van der Waals surface area (Å²) >= 11 is 0. The highest BCUT2D eigenvalue weighted by atomic mass is 15.4. The minimum absolute atomic E-state index is 0.607. The van der Waals surface area contributed by atoms with Crippen molar-refractivity contribution in [3.63, 3.8) is 0 Å². The Hall–Kier alpha value is -0.660. The summed E-state index contributed by atoms with van der Waals surface area (Å²) in [5, 5.41) is 0. The molecule has 1 rings (SSSR count). The quantitative estimate of drug-likeness (QED) is 0.111. The highest BCUT2D eigenvalue weighted by Crippen LogP contribution is 2.25. The van der Waals surface area contributed by atoms with Crippen LogP contribution in [0.15, 0.2) is 12.4 Å². The average Bonchev–Trinajstić information content (AvgIpc) is 3.26. The number of unbranched alkanes of at least 4 members (excludes halogenated alkanes) is 21. The molecular weight excluding hydrogens is 424 g/mol. The SMILES string of the molecule is CCCCCCCCCCCCCCCC1N(CCCCCCCCCCCC)C=CN1C(C)C. The van der Waals surface area contributed by atoms with Crippen molar-refractivity contribution in [2.45, 2.75) is 194 Å². The van der Waals surface area contributed by atoms with E-state index in [2.05, 4.69) is 49.9 Å². The molecule has 0 N–H and O–H groups in total. The number of rotatable bonds is 26. The normalized spacial score (nSPS) is 15.7. The van der Waals surface area contributed by atoms with Crippen molar-refractivity contribution in [3.8, 4) is 0 Å². The Kier molecular flexibility index (Phi) is 21.9. The maximum absolute atomic E-state index is 2.66. The van der Waals surface area contributed by atoms with E-state index in [4.69, 9.17) is 0 Å². The summed E-state index contributed by atoms with van der Waals surface area (Å²) < 4.78 is 0. The van der Waals surface area contributed by atoms with Crippen LogP contribution in [0, 0.1) is 0 Å². The van der Waals surface area contributed by atoms with Gasteiger partial charge in [0, 0.05) is 25.0 Å². The third-order valence-electron chi connectivity index (χ3n) is 8.09. The molecule has 0 bridgehead atoms. The van der Waals surface area contributed by atoms with Gasteiger partial charge in [0.05, 0.1) is 0 Å². The van der Waals surface area contributed by atoms with Gasteiger partial charge in [0.15, 0.2) is 0 Å². The molecule has 0 aromatic heterocycles. The van der Waals surface area contributed by atoms with Gasteiger partial charge in [-0.25, -0.2) is 0 Å². The summed E-state index contributed by atoms with van der Waals surface area (Å²) in [7, 11) is 0. The third-order valence-corrected chi connectivity index (χ3v) is 8.09. The lowest BCUT2D eigenvalue weighted by atomic mass is 10.0. The first-order valence-corrected chi connectivity index (χ1v) is 16.4. The Labute approximate surface area is 222 Å². The monoisotopic (exact) mass is 491 g/mol. The van der Waals surface area contributed by atoms with Crippen molar-refractivity contribution in [2.75, 3.05) is 6.54 Å². The molecule has 35 heavy (non-hydrogen) atoms. The van der Waals surface area contributed by atoms with Crippen molar-refractivity contribution >= 4 is 0 Å². The average molecular weight is 491 g/mol. The van der Waals surface area contributed by atoms with Crippen LogP contribution in [0.25, 0.3) is 0 Å². The fraction of sp³-hybridized carbons (Fsp3) is 0.939. The van der Waals surface area contributed by atoms with Crippen LogP contribution in [0.5, 0.6) is 0 Å². The van der Waals surface area contributed by atoms with Crippen LogP contribution >= 0.6 is 0 Å². The first kappa shape index (κ1) is 32.4. The van der Waals surface area contributed by atoms with E-state index in [1.807, 2.05) is 0 Å². The van der Waals surface area contributed by atoms with Crippen molar-refractivity contribution < 1.29 is 0 Å². The first-order valence-electron chi connectivity index (χ1n) is 16.4. The van der Waals surface area contributed by atoms with Gasteiger partial charge >= 0.3 is 0 Å². The lowest BCUT2D eigenvalue weighted by Gasteiger charge is -2.35. The van der Waals surface area contributed by atoms with Gasteiger partial charge in [-0.1, -0.05) is 149 Å². The van der Waals surface area contributed by atoms with E-state index < -0.39 is 0 Å². The van der Waals surface area contributed by atoms with E-state index in [0.29, 0.717) is 12.2 Å². The molecule has 2 heteroatoms. The molecule has 0 aromatic carbocycles. The second kappa shape index (κ2) is 23.7. The van der Waals surface area contributed by atoms with Gasteiger partial charge in [-0.05, 0) is 33.1 Å². The van der Waals surface area contributed by atoms with Gasteiger partial charge in [-0.15, -0.1) is 0 Å². The Morgan fingerprint density at radius 1 is 0.486 bits per heavy atom. The summed E-state index contributed by atoms with van der Waals surface area (Å²) in [5.41, 5.74) is 0. The van der Waals surface area contributed by atoms with E-state index in [0.717, 1.165) is 0 Å². The third kappa shape index (κ3) is 17.4. The van der Waals surface area contributed by atoms with Gasteiger partial charge in [-0.3, -0.25) is 0 Å². The summed E-state index contributed by atoms with van der Waals surface area (Å²) in [6, 6.07) is 0.607. The van der Waals surface area contributed by atoms with Crippen molar-refractivity contribution in [1.82, 2.24) is 9.80 Å². The summed E-state index contributed by atoms with van der Waals surface area (Å²) in [4.78, 5) is 5.27. The van der Waals surface area contributed by atoms with Gasteiger partial charge < -0.3 is 9.80 Å². The van der Waals surface area contributed by atoms with E-state index in [1.54, 1.807) is 0 Å². The molecule has 1 aliphatic rings. The second-order valence-electron chi connectivity index (χ2n) is 11.8. The molecule has 1 unspecified atom stereocenters. The fourth-order valence-corrected chi connectivity index (χ4v) is 5.71. The standard InChI is InChI=1S/C33H66N2/c1-5-7-9-11-13-15-17-18-19-20-22-24-26-28-33-34(30-31-35(33)32(3)4)29-27-25-23-21-16-14-12-10-8-6-2/h30-33H,5-29H2,1-4H3. The molecule has 208 valence electrons. The number of nitrogens with zero attached hydrogens (tertiary/aromatic N) is 2. The molecule has 0 aliphatic carbocycles. The van der Waals surface area contributed by atoms with Crippen LogP contribution in [-0.2, 0) is 0 Å². The summed E-state index contributed by atoms with van der Waals surface area (Å²) in [6.45, 7) is 10.6. The van der Waals surface area contributed by atoms with Crippen molar-refractivity contribution in [3.05, 3.63) is 12.4 Å². The number of hydrogen-bond acceptors (Lipinski definition) is 2. The first-order chi connectivity index (χ1) is 17.2. The summed E-state index contributed by atoms with van der Waals surface area (Å²) in [5.74, 6) is 0. The Morgan fingerprint density at radius 2 is 0.857 bits per heavy atom. The topological polar surface area (TPSA) is 6.48 Å². The zero-order chi connectivity index (χ0) is 25.4. The molecule has 2 nitrogen and oxygen atoms in total. The predicted octanol–water partition coefficient (Wildman–Crippen LogP) is 11.2. The van der Waals surface area contributed by atoms with Crippen molar-refractivity contribution in [1.29, 1.82) is 0 Å². The van der Waals surface area contributed by atoms with E-state index in [-0.39, 0.29) is 0 Å². The Bertz CT molecular complexity index is 458. The summed E-state index contributed by atoms with van der Waals surface area (Å²) in [6.07, 6.45) is 39.7. The molecule has 1 heterocycles. The van der Waals surface area contributed by atoms with Crippen LogP contribution in [0.2, 0.25) is 0 Å². The zero-order valence-electron chi connectivity index (χ0n) is 24.9. The Balaban J connectivity index is 2.05. The predicted molar refractivity (Wildman–Crippen MR) is 159 cm³/mol. The van der Waals surface area contributed by atoms with Gasteiger partial charge in [0.1, 0.15) is 6.17 Å². The van der Waals surface area contributed by atoms with Gasteiger partial charge in [0.2, 0.25) is 0 Å². The molecule has 1 atom stereocenters. The number of hydrogen-bond donors (Lipinski definition) is 0. The smallest absolute Gasteiger partial charge is 0.101 e. The van der Waals surface area contributed by atoms with Crippen LogP contribution in [0.3, 0.4) is 0 Å². The molecule has 0 fully saturated rings. The zero-order valence-corrected chi connectivity index (χ0v) is 24.9. The van der Waals surface area contributed by atoms with Crippen LogP contribution in [-0.4, -0.2) is 28.6 Å². The maximum Gasteiger partial charge on any atom is 0.101 e. The minimum atomic E-state index is 0.607.